The Morgan fingerprint density at radius 3 is 2.50 bits per heavy atom. The number of aryl methyl sites for hydroxylation is 2. The molecule has 0 aliphatic carbocycles. The van der Waals surface area contributed by atoms with Gasteiger partial charge in [0.25, 0.3) is 0 Å². The van der Waals surface area contributed by atoms with Gasteiger partial charge in [0.1, 0.15) is 5.75 Å². The van der Waals surface area contributed by atoms with Crippen molar-refractivity contribution in [3.05, 3.63) is 58.6 Å². The smallest absolute Gasteiger partial charge is 0.115 e. The summed E-state index contributed by atoms with van der Waals surface area (Å²) in [6.45, 7) is 4.21. The normalized spacial score (nSPS) is 12.2. The van der Waals surface area contributed by atoms with Crippen LogP contribution < -0.4 is 5.32 Å². The number of nitrogens with one attached hydrogen (secondary N) is 1. The number of hydrogen-bond acceptors (Lipinski definition) is 2. The molecule has 20 heavy (non-hydrogen) atoms. The van der Waals surface area contributed by atoms with E-state index in [0.717, 1.165) is 29.1 Å². The van der Waals surface area contributed by atoms with Crippen molar-refractivity contribution < 1.29 is 5.11 Å². The van der Waals surface area contributed by atoms with Gasteiger partial charge in [-0.3, -0.25) is 0 Å². The number of para-hydroxylation sites is 1. The maximum absolute atomic E-state index is 9.26. The lowest BCUT2D eigenvalue weighted by Crippen LogP contribution is -2.17. The summed E-state index contributed by atoms with van der Waals surface area (Å²) < 4.78 is 0. The van der Waals surface area contributed by atoms with E-state index in [0.29, 0.717) is 11.8 Å². The van der Waals surface area contributed by atoms with E-state index in [9.17, 15) is 5.11 Å². The van der Waals surface area contributed by atoms with Crippen molar-refractivity contribution >= 4 is 17.3 Å². The lowest BCUT2D eigenvalue weighted by molar-refractivity contribution is 0.475. The Labute approximate surface area is 125 Å². The van der Waals surface area contributed by atoms with Gasteiger partial charge in [0.15, 0.2) is 0 Å². The first-order chi connectivity index (χ1) is 9.56. The van der Waals surface area contributed by atoms with Gasteiger partial charge in [-0.05, 0) is 56.0 Å². The molecular weight excluding hydrogens is 270 g/mol. The van der Waals surface area contributed by atoms with Crippen molar-refractivity contribution in [3.8, 4) is 5.75 Å². The quantitative estimate of drug-likeness (QED) is 0.829. The molecule has 2 nitrogen and oxygen atoms in total. The molecule has 0 amide bonds. The number of halogens is 1. The highest BCUT2D eigenvalue weighted by atomic mass is 35.5. The first-order valence-corrected chi connectivity index (χ1v) is 7.23. The second-order valence-electron chi connectivity index (χ2n) is 5.18. The van der Waals surface area contributed by atoms with Crippen LogP contribution in [-0.2, 0) is 6.42 Å². The summed E-state index contributed by atoms with van der Waals surface area (Å²) in [5.74, 6) is 0.312. The molecule has 0 heterocycles. The molecule has 0 radical (unpaired) electrons. The van der Waals surface area contributed by atoms with E-state index in [1.807, 2.05) is 24.3 Å². The van der Waals surface area contributed by atoms with Gasteiger partial charge in [-0.25, -0.2) is 0 Å². The van der Waals surface area contributed by atoms with E-state index >= 15 is 0 Å². The fraction of sp³-hybridized carbons (Fsp3) is 0.294. The third-order valence-electron chi connectivity index (χ3n) is 3.42. The number of rotatable bonds is 5. The van der Waals surface area contributed by atoms with E-state index in [1.165, 1.54) is 5.56 Å². The molecule has 0 saturated carbocycles. The lowest BCUT2D eigenvalue weighted by atomic mass is 10.1. The third-order valence-corrected chi connectivity index (χ3v) is 3.73. The largest absolute Gasteiger partial charge is 0.508 e. The first kappa shape index (κ1) is 14.7. The Hall–Kier alpha value is -1.67. The Morgan fingerprint density at radius 1 is 1.15 bits per heavy atom. The summed E-state index contributed by atoms with van der Waals surface area (Å²) in [6, 6.07) is 13.6. The molecule has 0 bridgehead atoms. The van der Waals surface area contributed by atoms with Gasteiger partial charge in [-0.15, -0.1) is 0 Å². The minimum absolute atomic E-state index is 0.312. The van der Waals surface area contributed by atoms with E-state index < -0.39 is 0 Å². The highest BCUT2D eigenvalue weighted by Crippen LogP contribution is 2.26. The summed E-state index contributed by atoms with van der Waals surface area (Å²) in [5.41, 5.74) is 3.41. The van der Waals surface area contributed by atoms with Crippen LogP contribution in [0.1, 0.15) is 24.5 Å². The van der Waals surface area contributed by atoms with Gasteiger partial charge >= 0.3 is 0 Å². The molecule has 2 rings (SSSR count). The zero-order valence-electron chi connectivity index (χ0n) is 11.9. The van der Waals surface area contributed by atoms with Crippen LogP contribution in [0.15, 0.2) is 42.5 Å². The summed E-state index contributed by atoms with van der Waals surface area (Å²) in [7, 11) is 0. The topological polar surface area (TPSA) is 32.3 Å². The van der Waals surface area contributed by atoms with Gasteiger partial charge in [0, 0.05) is 6.04 Å². The monoisotopic (exact) mass is 289 g/mol. The minimum Gasteiger partial charge on any atom is -0.508 e. The predicted octanol–water partition coefficient (Wildman–Crippen LogP) is 4.79. The van der Waals surface area contributed by atoms with Crippen molar-refractivity contribution in [1.82, 2.24) is 0 Å². The molecule has 2 aromatic carbocycles. The van der Waals surface area contributed by atoms with Crippen LogP contribution in [0.3, 0.4) is 0 Å². The number of aromatic hydroxyl groups is 1. The zero-order chi connectivity index (χ0) is 14.5. The first-order valence-electron chi connectivity index (χ1n) is 6.86. The fourth-order valence-corrected chi connectivity index (χ4v) is 2.46. The second kappa shape index (κ2) is 6.67. The van der Waals surface area contributed by atoms with Gasteiger partial charge in [-0.2, -0.15) is 0 Å². The molecule has 0 fully saturated rings. The van der Waals surface area contributed by atoms with Crippen LogP contribution in [0.25, 0.3) is 0 Å². The zero-order valence-corrected chi connectivity index (χ0v) is 12.6. The molecular formula is C17H20ClNO. The average Bonchev–Trinajstić information content (AvgIpc) is 2.42. The van der Waals surface area contributed by atoms with E-state index in [-0.39, 0.29) is 0 Å². The summed E-state index contributed by atoms with van der Waals surface area (Å²) in [6.07, 6.45) is 1.98. The average molecular weight is 290 g/mol. The molecule has 1 unspecified atom stereocenters. The van der Waals surface area contributed by atoms with Gasteiger partial charge in [0.2, 0.25) is 0 Å². The SMILES string of the molecule is Cc1cccc(Cl)c1NC(C)CCc1ccc(O)cc1. The van der Waals surface area contributed by atoms with Crippen molar-refractivity contribution in [2.75, 3.05) is 5.32 Å². The molecule has 0 spiro atoms. The molecule has 2 aromatic rings. The number of benzene rings is 2. The summed E-state index contributed by atoms with van der Waals surface area (Å²) in [5, 5.41) is 13.5. The van der Waals surface area contributed by atoms with Crippen LogP contribution in [0.4, 0.5) is 5.69 Å². The fourth-order valence-electron chi connectivity index (χ4n) is 2.18. The van der Waals surface area contributed by atoms with Crippen LogP contribution in [0, 0.1) is 6.92 Å². The van der Waals surface area contributed by atoms with Crippen LogP contribution >= 0.6 is 11.6 Å². The number of hydrogen-bond donors (Lipinski definition) is 2. The van der Waals surface area contributed by atoms with Crippen molar-refractivity contribution in [2.24, 2.45) is 0 Å². The second-order valence-corrected chi connectivity index (χ2v) is 5.59. The van der Waals surface area contributed by atoms with Crippen LogP contribution in [-0.4, -0.2) is 11.1 Å². The molecule has 3 heteroatoms. The standard InChI is InChI=1S/C17H20ClNO/c1-12-4-3-5-16(18)17(12)19-13(2)6-7-14-8-10-15(20)11-9-14/h3-5,8-11,13,19-20H,6-7H2,1-2H3. The highest BCUT2D eigenvalue weighted by Gasteiger charge is 2.08. The molecule has 106 valence electrons. The molecule has 0 aliphatic rings. The number of phenolic OH excluding ortho intramolecular Hbond substituents is 1. The molecule has 0 saturated heterocycles. The Kier molecular flexibility index (Phi) is 4.91. The van der Waals surface area contributed by atoms with E-state index in [2.05, 4.69) is 25.2 Å². The Morgan fingerprint density at radius 2 is 1.85 bits per heavy atom. The molecule has 0 aromatic heterocycles. The van der Waals surface area contributed by atoms with Crippen molar-refractivity contribution in [3.63, 3.8) is 0 Å². The highest BCUT2D eigenvalue weighted by molar-refractivity contribution is 6.33. The lowest BCUT2D eigenvalue weighted by Gasteiger charge is -2.18. The van der Waals surface area contributed by atoms with Gasteiger partial charge in [0.05, 0.1) is 10.7 Å². The van der Waals surface area contributed by atoms with Crippen molar-refractivity contribution in [1.29, 1.82) is 0 Å². The van der Waals surface area contributed by atoms with Crippen molar-refractivity contribution in [2.45, 2.75) is 32.7 Å². The molecule has 0 aliphatic heterocycles. The van der Waals surface area contributed by atoms with Gasteiger partial charge < -0.3 is 10.4 Å². The number of anilines is 1. The maximum atomic E-state index is 9.26. The van der Waals surface area contributed by atoms with E-state index in [1.54, 1.807) is 12.1 Å². The molecule has 2 N–H and O–H groups in total. The number of phenols is 1. The summed E-state index contributed by atoms with van der Waals surface area (Å²) >= 11 is 6.22. The predicted molar refractivity (Wildman–Crippen MR) is 85.7 cm³/mol. The van der Waals surface area contributed by atoms with E-state index in [4.69, 9.17) is 11.6 Å². The molecule has 1 atom stereocenters. The third kappa shape index (κ3) is 3.91. The minimum atomic E-state index is 0.312. The Balaban J connectivity index is 1.92. The van der Waals surface area contributed by atoms with Crippen LogP contribution in [0.2, 0.25) is 5.02 Å². The van der Waals surface area contributed by atoms with Gasteiger partial charge in [-0.1, -0.05) is 35.9 Å². The Bertz CT molecular complexity index is 545. The van der Waals surface area contributed by atoms with Crippen LogP contribution in [0.5, 0.6) is 5.75 Å². The maximum Gasteiger partial charge on any atom is 0.115 e. The summed E-state index contributed by atoms with van der Waals surface area (Å²) in [4.78, 5) is 0.